The molecule has 3 heterocycles. The van der Waals surface area contributed by atoms with Crippen LogP contribution < -0.4 is 10.6 Å². The van der Waals surface area contributed by atoms with Gasteiger partial charge in [0.25, 0.3) is 5.91 Å². The Labute approximate surface area is 154 Å². The van der Waals surface area contributed by atoms with E-state index in [2.05, 4.69) is 37.5 Å². The van der Waals surface area contributed by atoms with Crippen LogP contribution in [0.15, 0.2) is 23.1 Å². The monoisotopic (exact) mass is 372 g/mol. The number of aromatic nitrogens is 4. The fraction of sp³-hybridized carbons (Fsp3) is 0.353. The molecule has 0 spiro atoms. The van der Waals surface area contributed by atoms with Crippen LogP contribution in [0, 0.1) is 6.92 Å². The van der Waals surface area contributed by atoms with Crippen molar-refractivity contribution >= 4 is 34.4 Å². The number of nitrogens with zero attached hydrogens (tertiary/aromatic N) is 4. The molecule has 4 rings (SSSR count). The van der Waals surface area contributed by atoms with E-state index in [-0.39, 0.29) is 18.0 Å². The molecule has 1 aliphatic carbocycles. The zero-order valence-electron chi connectivity index (χ0n) is 14.3. The van der Waals surface area contributed by atoms with E-state index in [1.54, 1.807) is 6.92 Å². The van der Waals surface area contributed by atoms with Crippen LogP contribution in [-0.2, 0) is 6.54 Å². The average molecular weight is 373 g/mol. The lowest BCUT2D eigenvalue weighted by molar-refractivity contribution is 0.0949. The number of halogens is 1. The third kappa shape index (κ3) is 3.20. The highest BCUT2D eigenvalue weighted by Gasteiger charge is 2.38. The SMILES string of the molecule is Cc1oc2ncnc(NC3(C)CC3)c2c1C(=O)NCc1ncc(Cl)cn1. The fourth-order valence-electron chi connectivity index (χ4n) is 2.69. The Morgan fingerprint density at radius 1 is 1.27 bits per heavy atom. The molecule has 1 fully saturated rings. The molecule has 26 heavy (non-hydrogen) atoms. The number of aryl methyl sites for hydroxylation is 1. The van der Waals surface area contributed by atoms with Crippen molar-refractivity contribution < 1.29 is 9.21 Å². The van der Waals surface area contributed by atoms with E-state index in [0.29, 0.717) is 39.1 Å². The smallest absolute Gasteiger partial charge is 0.256 e. The van der Waals surface area contributed by atoms with Crippen LogP contribution in [0.1, 0.15) is 41.7 Å². The summed E-state index contributed by atoms with van der Waals surface area (Å²) >= 11 is 5.77. The van der Waals surface area contributed by atoms with Gasteiger partial charge in [0.05, 0.1) is 22.5 Å². The molecule has 0 aromatic carbocycles. The van der Waals surface area contributed by atoms with E-state index in [1.807, 2.05) is 0 Å². The standard InChI is InChI=1S/C17H17ClN6O2/c1-9-12(15(25)21-7-11-19-5-10(18)6-20-11)13-14(24-17(2)3-4-17)22-8-23-16(13)26-9/h5-6,8H,3-4,7H2,1-2H3,(H,21,25)(H,22,23,24). The van der Waals surface area contributed by atoms with Crippen molar-refractivity contribution in [2.45, 2.75) is 38.8 Å². The van der Waals surface area contributed by atoms with Crippen molar-refractivity contribution in [3.63, 3.8) is 0 Å². The molecular formula is C17H17ClN6O2. The molecule has 1 aliphatic rings. The maximum Gasteiger partial charge on any atom is 0.256 e. The Morgan fingerprint density at radius 3 is 2.69 bits per heavy atom. The first kappa shape index (κ1) is 16.7. The summed E-state index contributed by atoms with van der Waals surface area (Å²) in [6.07, 6.45) is 6.53. The highest BCUT2D eigenvalue weighted by Crippen LogP contribution is 2.40. The molecule has 2 N–H and O–H groups in total. The second kappa shape index (κ2) is 6.21. The molecule has 9 heteroatoms. The summed E-state index contributed by atoms with van der Waals surface area (Å²) in [7, 11) is 0. The average Bonchev–Trinajstić information content (AvgIpc) is 3.23. The fourth-order valence-corrected chi connectivity index (χ4v) is 2.79. The summed E-state index contributed by atoms with van der Waals surface area (Å²) in [4.78, 5) is 29.4. The van der Waals surface area contributed by atoms with Gasteiger partial charge in [-0.2, -0.15) is 0 Å². The number of nitrogens with one attached hydrogen (secondary N) is 2. The van der Waals surface area contributed by atoms with Gasteiger partial charge in [0.2, 0.25) is 5.71 Å². The largest absolute Gasteiger partial charge is 0.442 e. The summed E-state index contributed by atoms with van der Waals surface area (Å²) < 4.78 is 5.66. The number of rotatable bonds is 5. The summed E-state index contributed by atoms with van der Waals surface area (Å²) in [6.45, 7) is 4.03. The third-order valence-corrected chi connectivity index (χ3v) is 4.59. The summed E-state index contributed by atoms with van der Waals surface area (Å²) in [5.74, 6) is 1.27. The highest BCUT2D eigenvalue weighted by atomic mass is 35.5. The lowest BCUT2D eigenvalue weighted by Gasteiger charge is -2.13. The van der Waals surface area contributed by atoms with E-state index >= 15 is 0 Å². The summed E-state index contributed by atoms with van der Waals surface area (Å²) in [5, 5.41) is 7.24. The number of amides is 1. The normalized spacial score (nSPS) is 15.0. The van der Waals surface area contributed by atoms with Gasteiger partial charge in [0.15, 0.2) is 0 Å². The Morgan fingerprint density at radius 2 is 2.00 bits per heavy atom. The minimum atomic E-state index is -0.293. The van der Waals surface area contributed by atoms with Crippen molar-refractivity contribution in [1.29, 1.82) is 0 Å². The van der Waals surface area contributed by atoms with Crippen LogP contribution in [0.2, 0.25) is 5.02 Å². The minimum absolute atomic E-state index is 0.0113. The molecule has 8 nitrogen and oxygen atoms in total. The van der Waals surface area contributed by atoms with Gasteiger partial charge < -0.3 is 15.1 Å². The lowest BCUT2D eigenvalue weighted by Crippen LogP contribution is -2.25. The number of fused-ring (bicyclic) bond motifs is 1. The molecule has 134 valence electrons. The predicted molar refractivity (Wildman–Crippen MR) is 96.0 cm³/mol. The molecular weight excluding hydrogens is 356 g/mol. The molecule has 0 unspecified atom stereocenters. The number of anilines is 1. The van der Waals surface area contributed by atoms with E-state index < -0.39 is 0 Å². The molecule has 0 saturated heterocycles. The Balaban J connectivity index is 1.63. The van der Waals surface area contributed by atoms with Crippen molar-refractivity contribution in [2.24, 2.45) is 0 Å². The Bertz CT molecular complexity index is 981. The van der Waals surface area contributed by atoms with E-state index in [4.69, 9.17) is 16.0 Å². The predicted octanol–water partition coefficient (Wildman–Crippen LogP) is 2.87. The van der Waals surface area contributed by atoms with Gasteiger partial charge in [-0.3, -0.25) is 4.79 Å². The first-order valence-electron chi connectivity index (χ1n) is 8.22. The van der Waals surface area contributed by atoms with Crippen LogP contribution in [-0.4, -0.2) is 31.4 Å². The minimum Gasteiger partial charge on any atom is -0.442 e. The summed E-state index contributed by atoms with van der Waals surface area (Å²) in [5.41, 5.74) is 0.815. The Hall–Kier alpha value is -2.74. The third-order valence-electron chi connectivity index (χ3n) is 4.39. The molecule has 3 aromatic heterocycles. The van der Waals surface area contributed by atoms with Crippen LogP contribution in [0.4, 0.5) is 5.82 Å². The van der Waals surface area contributed by atoms with Crippen LogP contribution in [0.3, 0.4) is 0 Å². The second-order valence-corrected chi connectivity index (χ2v) is 7.06. The number of carbonyl (C=O) groups is 1. The van der Waals surface area contributed by atoms with Gasteiger partial charge in [-0.15, -0.1) is 0 Å². The van der Waals surface area contributed by atoms with Gasteiger partial charge >= 0.3 is 0 Å². The van der Waals surface area contributed by atoms with Crippen molar-refractivity contribution in [1.82, 2.24) is 25.3 Å². The molecule has 0 aliphatic heterocycles. The van der Waals surface area contributed by atoms with Gasteiger partial charge in [-0.1, -0.05) is 11.6 Å². The van der Waals surface area contributed by atoms with E-state index in [1.165, 1.54) is 18.7 Å². The number of carbonyl (C=O) groups excluding carboxylic acids is 1. The summed E-state index contributed by atoms with van der Waals surface area (Å²) in [6, 6.07) is 0. The maximum atomic E-state index is 12.8. The highest BCUT2D eigenvalue weighted by molar-refractivity contribution is 6.30. The molecule has 0 atom stereocenters. The van der Waals surface area contributed by atoms with Gasteiger partial charge in [-0.05, 0) is 26.7 Å². The zero-order valence-corrected chi connectivity index (χ0v) is 15.1. The first-order chi connectivity index (χ1) is 12.5. The number of hydrogen-bond acceptors (Lipinski definition) is 7. The van der Waals surface area contributed by atoms with Crippen LogP contribution in [0.25, 0.3) is 11.1 Å². The van der Waals surface area contributed by atoms with Crippen LogP contribution >= 0.6 is 11.6 Å². The van der Waals surface area contributed by atoms with Gasteiger partial charge in [-0.25, -0.2) is 19.9 Å². The number of furan rings is 1. The van der Waals surface area contributed by atoms with E-state index in [0.717, 1.165) is 12.8 Å². The van der Waals surface area contributed by atoms with Gasteiger partial charge in [0, 0.05) is 17.9 Å². The molecule has 1 saturated carbocycles. The van der Waals surface area contributed by atoms with Crippen LogP contribution in [0.5, 0.6) is 0 Å². The molecule has 1 amide bonds. The first-order valence-corrected chi connectivity index (χ1v) is 8.60. The van der Waals surface area contributed by atoms with E-state index in [9.17, 15) is 4.79 Å². The molecule has 3 aromatic rings. The number of hydrogen-bond donors (Lipinski definition) is 2. The van der Waals surface area contributed by atoms with Crippen molar-refractivity contribution in [3.05, 3.63) is 40.9 Å². The lowest BCUT2D eigenvalue weighted by atomic mass is 10.1. The second-order valence-electron chi connectivity index (χ2n) is 6.62. The van der Waals surface area contributed by atoms with Gasteiger partial charge in [0.1, 0.15) is 23.7 Å². The molecule has 0 bridgehead atoms. The van der Waals surface area contributed by atoms with Crippen molar-refractivity contribution in [3.8, 4) is 0 Å². The molecule has 0 radical (unpaired) electrons. The van der Waals surface area contributed by atoms with Crippen molar-refractivity contribution in [2.75, 3.05) is 5.32 Å². The quantitative estimate of drug-likeness (QED) is 0.709. The zero-order chi connectivity index (χ0) is 18.3. The Kier molecular flexibility index (Phi) is 3.99. The maximum absolute atomic E-state index is 12.8. The topological polar surface area (TPSA) is 106 Å².